The number of likely N-dealkylation sites (tertiary alicyclic amines) is 2. The predicted octanol–water partition coefficient (Wildman–Crippen LogP) is 7.39. The highest BCUT2D eigenvalue weighted by molar-refractivity contribution is 5.93. The molecule has 2 bridgehead atoms. The van der Waals surface area contributed by atoms with Gasteiger partial charge in [0.15, 0.2) is 0 Å². The summed E-state index contributed by atoms with van der Waals surface area (Å²) in [5, 5.41) is 20.9. The van der Waals surface area contributed by atoms with Crippen molar-refractivity contribution < 1.29 is 37.7 Å². The molecule has 2 aromatic carbocycles. The number of piperidine rings is 1. The minimum Gasteiger partial charge on any atom is -0.453 e. The molecule has 7 aliphatic rings. The molecule has 10 rings (SSSR count). The second kappa shape index (κ2) is 16.2. The number of allylic oxidation sites excluding steroid dienone is 2. The number of nitrogens with one attached hydrogen (secondary N) is 4. The third-order valence-corrected chi connectivity index (χ3v) is 15.4. The minimum absolute atomic E-state index is 0.0544. The summed E-state index contributed by atoms with van der Waals surface area (Å²) in [5.74, 6) is -2.23. The molecule has 66 heavy (non-hydrogen) atoms. The van der Waals surface area contributed by atoms with Crippen molar-refractivity contribution in [2.75, 3.05) is 20.8 Å². The molecule has 4 fully saturated rings. The van der Waals surface area contributed by atoms with Crippen LogP contribution in [0.5, 0.6) is 0 Å². The average molecular weight is 905 g/mol. The van der Waals surface area contributed by atoms with Crippen molar-refractivity contribution in [1.82, 2.24) is 35.7 Å². The second-order valence-corrected chi connectivity index (χ2v) is 19.9. The van der Waals surface area contributed by atoms with Crippen LogP contribution in [0.15, 0.2) is 77.6 Å². The third kappa shape index (κ3) is 7.13. The average Bonchev–Trinajstić information content (AvgIpc) is 3.90. The number of H-pyrrole nitrogens is 1. The van der Waals surface area contributed by atoms with Crippen molar-refractivity contribution in [3.05, 3.63) is 95.1 Å². The molecule has 5 N–H and O–H groups in total. The summed E-state index contributed by atoms with van der Waals surface area (Å²) < 4.78 is 43.2. The summed E-state index contributed by atoms with van der Waals surface area (Å²) in [6, 6.07) is 8.20. The number of amidine groups is 1. The lowest BCUT2D eigenvalue weighted by atomic mass is 9.91. The number of fused-ring (bicyclic) bond motifs is 6. The monoisotopic (exact) mass is 904 g/mol. The second-order valence-electron chi connectivity index (χ2n) is 19.9. The van der Waals surface area contributed by atoms with Gasteiger partial charge in [-0.15, -0.1) is 0 Å². The highest BCUT2D eigenvalue weighted by atomic mass is 19.3. The van der Waals surface area contributed by atoms with Crippen molar-refractivity contribution in [1.29, 1.82) is 0 Å². The number of aliphatic hydroxyl groups excluding tert-OH is 1. The fourth-order valence-corrected chi connectivity index (χ4v) is 11.6. The number of aliphatic imine (C=N–C) groups is 1. The van der Waals surface area contributed by atoms with Crippen LogP contribution < -0.4 is 16.0 Å². The molecule has 3 amide bonds. The Labute approximate surface area is 383 Å². The lowest BCUT2D eigenvalue weighted by Gasteiger charge is -2.42. The number of imidazole rings is 1. The van der Waals surface area contributed by atoms with Crippen LogP contribution in [0.3, 0.4) is 0 Å². The van der Waals surface area contributed by atoms with E-state index in [2.05, 4.69) is 32.4 Å². The molecule has 1 aromatic heterocycles. The maximum absolute atomic E-state index is 16.7. The van der Waals surface area contributed by atoms with Crippen molar-refractivity contribution in [2.45, 2.75) is 115 Å². The third-order valence-electron chi connectivity index (χ3n) is 15.4. The van der Waals surface area contributed by atoms with Gasteiger partial charge in [-0.3, -0.25) is 14.7 Å². The van der Waals surface area contributed by atoms with E-state index in [1.807, 2.05) is 52.0 Å². The first-order chi connectivity index (χ1) is 31.5. The Kier molecular flexibility index (Phi) is 10.8. The van der Waals surface area contributed by atoms with E-state index in [1.165, 1.54) is 20.3 Å². The van der Waals surface area contributed by atoms with Crippen LogP contribution in [0, 0.1) is 23.2 Å². The molecule has 8 atom stereocenters. The molecule has 0 radical (unpaired) electrons. The summed E-state index contributed by atoms with van der Waals surface area (Å²) in [6.45, 7) is 12.5. The molecule has 2 saturated heterocycles. The van der Waals surface area contributed by atoms with Gasteiger partial charge in [-0.2, -0.15) is 8.78 Å². The van der Waals surface area contributed by atoms with Crippen LogP contribution in [-0.4, -0.2) is 106 Å². The van der Waals surface area contributed by atoms with Gasteiger partial charge in [0, 0.05) is 46.8 Å². The van der Waals surface area contributed by atoms with Gasteiger partial charge in [0.2, 0.25) is 5.91 Å². The van der Waals surface area contributed by atoms with Crippen LogP contribution in [0.25, 0.3) is 28.0 Å². The van der Waals surface area contributed by atoms with Crippen LogP contribution in [0.4, 0.5) is 18.4 Å². The van der Waals surface area contributed by atoms with Gasteiger partial charge >= 0.3 is 12.2 Å². The number of aliphatic hydroxyl groups is 1. The zero-order chi connectivity index (χ0) is 46.6. The molecule has 2 unspecified atom stereocenters. The van der Waals surface area contributed by atoms with Crippen molar-refractivity contribution in [3.8, 4) is 22.4 Å². The molecule has 3 aromatic rings. The summed E-state index contributed by atoms with van der Waals surface area (Å²) in [7, 11) is 2.57. The number of hydrogen-bond donors (Lipinski definition) is 5. The van der Waals surface area contributed by atoms with E-state index in [1.54, 1.807) is 29.3 Å². The van der Waals surface area contributed by atoms with Crippen molar-refractivity contribution >= 4 is 29.5 Å². The lowest BCUT2D eigenvalue weighted by molar-refractivity contribution is -0.135. The summed E-state index contributed by atoms with van der Waals surface area (Å²) >= 11 is 0. The molecule has 4 heterocycles. The molecule has 1 spiro atoms. The molecular formula is C50H58F2N8O6. The summed E-state index contributed by atoms with van der Waals surface area (Å²) in [5.41, 5.74) is 5.05. The Morgan fingerprint density at radius 2 is 1.62 bits per heavy atom. The maximum Gasteiger partial charge on any atom is 0.407 e. The number of methoxy groups -OCH3 is 2. The molecular weight excluding hydrogens is 847 g/mol. The van der Waals surface area contributed by atoms with Crippen molar-refractivity contribution in [3.63, 3.8) is 0 Å². The van der Waals surface area contributed by atoms with Crippen LogP contribution >= 0.6 is 0 Å². The van der Waals surface area contributed by atoms with Crippen LogP contribution in [0.1, 0.15) is 94.8 Å². The summed E-state index contributed by atoms with van der Waals surface area (Å²) in [6.07, 6.45) is 8.58. The minimum atomic E-state index is -3.28. The fraction of sp³-hybridized carbons (Fsp3) is 0.500. The molecule has 16 heteroatoms. The van der Waals surface area contributed by atoms with E-state index in [4.69, 9.17) is 19.5 Å². The number of rotatable bonds is 11. The standard InChI is InChI=1S/C50H58F2N8O6/c1-24(2)39(57-47(63)65-6)45(61)59-23-49(16-17-49)26(5)41(59)43-53-22-38(56-43)29-10-14-33-32-13-9-27(19-34(32)50(51,52)35(33)20-29)28-11-15-36-37(21-28)55-44(54-36)42-30-8-12-31(18-30)60(42)46(62)40(25(3)4)58-48(64)66-7/h9-11,13-15,19-20,22,24-25,30-31,37,39-42,46,62H,5,8,12,16-18,21,23H2,1-4,6-7H3,(H,53,56)(H,54,55)(H,57,63)(H,58,64)/t30-,31+,37?,39-,40-,41-,42-,46?/m0/s1. The molecule has 4 aliphatic carbocycles. The van der Waals surface area contributed by atoms with E-state index in [9.17, 15) is 19.5 Å². The molecule has 2 saturated carbocycles. The molecule has 3 aliphatic heterocycles. The Bertz CT molecular complexity index is 2610. The normalized spacial score (nSPS) is 26.5. The number of nitrogens with zero attached hydrogens (tertiary/aromatic N) is 4. The van der Waals surface area contributed by atoms with Crippen LogP contribution in [0.2, 0.25) is 0 Å². The topological polar surface area (TPSA) is 174 Å². The van der Waals surface area contributed by atoms with Gasteiger partial charge < -0.3 is 40.4 Å². The smallest absolute Gasteiger partial charge is 0.407 e. The Hall–Kier alpha value is -5.87. The Balaban J connectivity index is 0.868. The first-order valence-electron chi connectivity index (χ1n) is 23.2. The highest BCUT2D eigenvalue weighted by Gasteiger charge is 2.58. The van der Waals surface area contributed by atoms with Crippen LogP contribution in [-0.2, 0) is 20.2 Å². The van der Waals surface area contributed by atoms with Gasteiger partial charge in [0.1, 0.15) is 30.0 Å². The number of ether oxygens (including phenoxy) is 2. The maximum atomic E-state index is 16.7. The zero-order valence-electron chi connectivity index (χ0n) is 38.2. The van der Waals surface area contributed by atoms with Gasteiger partial charge in [-0.25, -0.2) is 14.6 Å². The largest absolute Gasteiger partial charge is 0.453 e. The van der Waals surface area contributed by atoms with Crippen molar-refractivity contribution in [2.24, 2.45) is 28.2 Å². The Morgan fingerprint density at radius 3 is 2.29 bits per heavy atom. The van der Waals surface area contributed by atoms with Gasteiger partial charge in [-0.05, 0) is 95.9 Å². The van der Waals surface area contributed by atoms with E-state index in [0.717, 1.165) is 54.8 Å². The van der Waals surface area contributed by atoms with Gasteiger partial charge in [0.05, 0.1) is 44.2 Å². The first-order valence-corrected chi connectivity index (χ1v) is 23.2. The SMILES string of the molecule is C=C1[C@@H](c2ncc(-c3ccc4c(c3)C(F)(F)c3cc(C5=CC=C6NC([C@@H]7[C@H]8CC[C@H](C8)N7C(O)[C@@H](NC(=O)OC)C(C)C)=NC6C5)ccc3-4)[nH]2)N(C(=O)[C@@H](NC(=O)OC)C(C)C)CC12CC2. The number of carbonyl (C=O) groups excluding carboxylic acids is 3. The quantitative estimate of drug-likeness (QED) is 0.123. The predicted molar refractivity (Wildman–Crippen MR) is 244 cm³/mol. The van der Waals surface area contributed by atoms with Gasteiger partial charge in [0.25, 0.3) is 5.92 Å². The number of carbonyl (C=O) groups is 3. The number of halogens is 2. The number of alkyl carbamates (subject to hydrolysis) is 2. The van der Waals surface area contributed by atoms with E-state index < -0.39 is 42.5 Å². The number of benzene rings is 2. The van der Waals surface area contributed by atoms with E-state index in [0.29, 0.717) is 52.7 Å². The number of aromatic nitrogens is 2. The van der Waals surface area contributed by atoms with E-state index in [-0.39, 0.29) is 52.4 Å². The summed E-state index contributed by atoms with van der Waals surface area (Å²) in [4.78, 5) is 55.6. The number of amides is 3. The zero-order valence-corrected chi connectivity index (χ0v) is 38.2. The fourth-order valence-electron chi connectivity index (χ4n) is 11.6. The number of hydrogen-bond acceptors (Lipinski definition) is 10. The van der Waals surface area contributed by atoms with Gasteiger partial charge in [-0.1, -0.05) is 64.6 Å². The Morgan fingerprint density at radius 1 is 0.939 bits per heavy atom. The molecule has 348 valence electrons. The number of alkyl halides is 2. The molecule has 14 nitrogen and oxygen atoms in total. The highest BCUT2D eigenvalue weighted by Crippen LogP contribution is 2.61. The lowest BCUT2D eigenvalue weighted by Crippen LogP contribution is -2.61. The number of aromatic amines is 1. The van der Waals surface area contributed by atoms with E-state index >= 15 is 8.78 Å². The first kappa shape index (κ1) is 44.0.